The molecular weight excluding hydrogens is 482 g/mol. The van der Waals surface area contributed by atoms with Gasteiger partial charge in [-0.1, -0.05) is 102 Å². The van der Waals surface area contributed by atoms with Crippen molar-refractivity contribution in [2.24, 2.45) is 0 Å². The van der Waals surface area contributed by atoms with Crippen molar-refractivity contribution in [2.75, 3.05) is 6.54 Å². The van der Waals surface area contributed by atoms with Gasteiger partial charge in [-0.2, -0.15) is 0 Å². The highest BCUT2D eigenvalue weighted by Gasteiger charge is 2.19. The van der Waals surface area contributed by atoms with E-state index in [0.717, 1.165) is 40.7 Å². The van der Waals surface area contributed by atoms with Gasteiger partial charge >= 0.3 is 5.97 Å². The molecule has 4 aromatic rings. The Bertz CT molecular complexity index is 1370. The minimum absolute atomic E-state index is 0.0289. The Hall–Kier alpha value is -3.89. The molecule has 0 saturated heterocycles. The molecule has 0 spiro atoms. The van der Waals surface area contributed by atoms with E-state index in [1.54, 1.807) is 6.07 Å². The van der Waals surface area contributed by atoms with Gasteiger partial charge in [0, 0.05) is 13.1 Å². The van der Waals surface area contributed by atoms with Gasteiger partial charge in [0.1, 0.15) is 0 Å². The number of aryl methyl sites for hydroxylation is 2. The number of carbonyl (C=O) groups excluding carboxylic acids is 1. The summed E-state index contributed by atoms with van der Waals surface area (Å²) < 4.78 is 0. The number of benzene rings is 4. The van der Waals surface area contributed by atoms with E-state index in [1.165, 1.54) is 5.56 Å². The lowest BCUT2D eigenvalue weighted by molar-refractivity contribution is -0.136. The van der Waals surface area contributed by atoms with Crippen molar-refractivity contribution in [1.82, 2.24) is 4.90 Å². The van der Waals surface area contributed by atoms with Crippen molar-refractivity contribution in [3.8, 4) is 11.1 Å². The topological polar surface area (TPSA) is 57.6 Å². The molecule has 0 aliphatic carbocycles. The van der Waals surface area contributed by atoms with Crippen LogP contribution in [-0.2, 0) is 24.2 Å². The highest BCUT2D eigenvalue weighted by atomic mass is 35.5. The lowest BCUT2D eigenvalue weighted by Gasteiger charge is -2.24. The number of rotatable bonds is 10. The molecule has 0 atom stereocenters. The predicted octanol–water partition coefficient (Wildman–Crippen LogP) is 7.22. The third kappa shape index (κ3) is 7.08. The van der Waals surface area contributed by atoms with Crippen molar-refractivity contribution >= 4 is 23.5 Å². The highest BCUT2D eigenvalue weighted by Crippen LogP contribution is 2.26. The van der Waals surface area contributed by atoms with Gasteiger partial charge in [0.25, 0.3) is 5.91 Å². The average Bonchev–Trinajstić information content (AvgIpc) is 2.90. The van der Waals surface area contributed by atoms with E-state index in [0.29, 0.717) is 23.7 Å². The first-order chi connectivity index (χ1) is 17.9. The lowest BCUT2D eigenvalue weighted by atomic mass is 9.97. The van der Waals surface area contributed by atoms with Gasteiger partial charge in [-0.3, -0.25) is 9.59 Å². The van der Waals surface area contributed by atoms with Gasteiger partial charge in [-0.15, -0.1) is 0 Å². The van der Waals surface area contributed by atoms with E-state index in [-0.39, 0.29) is 12.3 Å². The van der Waals surface area contributed by atoms with E-state index in [9.17, 15) is 14.7 Å². The summed E-state index contributed by atoms with van der Waals surface area (Å²) in [7, 11) is 0. The van der Waals surface area contributed by atoms with Crippen LogP contribution in [0.15, 0.2) is 97.1 Å². The van der Waals surface area contributed by atoms with Gasteiger partial charge < -0.3 is 10.0 Å². The molecule has 0 fully saturated rings. The molecule has 4 nitrogen and oxygen atoms in total. The van der Waals surface area contributed by atoms with Gasteiger partial charge in [0.15, 0.2) is 0 Å². The summed E-state index contributed by atoms with van der Waals surface area (Å²) in [4.78, 5) is 26.7. The fourth-order valence-corrected chi connectivity index (χ4v) is 4.67. The summed E-state index contributed by atoms with van der Waals surface area (Å²) in [6.07, 6.45) is 1.68. The van der Waals surface area contributed by atoms with E-state index < -0.39 is 5.97 Å². The van der Waals surface area contributed by atoms with Crippen LogP contribution in [0.2, 0.25) is 5.02 Å². The fourth-order valence-electron chi connectivity index (χ4n) is 4.47. The Balaban J connectivity index is 1.54. The van der Waals surface area contributed by atoms with Gasteiger partial charge in [0.2, 0.25) is 0 Å². The molecule has 0 saturated carbocycles. The summed E-state index contributed by atoms with van der Waals surface area (Å²) in [5, 5.41) is 9.71. The average molecular weight is 512 g/mol. The minimum atomic E-state index is -0.858. The number of carboxylic acids is 1. The number of hydrogen-bond donors (Lipinski definition) is 1. The van der Waals surface area contributed by atoms with Crippen LogP contribution < -0.4 is 0 Å². The van der Waals surface area contributed by atoms with Crippen molar-refractivity contribution in [1.29, 1.82) is 0 Å². The third-order valence-corrected chi connectivity index (χ3v) is 6.70. The summed E-state index contributed by atoms with van der Waals surface area (Å²) in [6, 6.07) is 31.3. The highest BCUT2D eigenvalue weighted by molar-refractivity contribution is 6.33. The first-order valence-corrected chi connectivity index (χ1v) is 12.8. The van der Waals surface area contributed by atoms with Crippen LogP contribution in [0.1, 0.15) is 39.0 Å². The molecule has 0 aromatic heterocycles. The zero-order valence-corrected chi connectivity index (χ0v) is 21.6. The Kier molecular flexibility index (Phi) is 8.76. The molecule has 4 aromatic carbocycles. The Morgan fingerprint density at radius 2 is 1.54 bits per heavy atom. The second-order valence-corrected chi connectivity index (χ2v) is 9.63. The smallest absolute Gasteiger partial charge is 0.307 e. The molecule has 5 heteroatoms. The Labute approximate surface area is 223 Å². The Morgan fingerprint density at radius 3 is 2.27 bits per heavy atom. The maximum absolute atomic E-state index is 13.6. The van der Waals surface area contributed by atoms with E-state index in [4.69, 9.17) is 11.6 Å². The Morgan fingerprint density at radius 1 is 0.838 bits per heavy atom. The number of halogens is 1. The molecule has 4 rings (SSSR count). The fraction of sp³-hybridized carbons (Fsp3) is 0.188. The summed E-state index contributed by atoms with van der Waals surface area (Å²) in [5.74, 6) is -0.943. The lowest BCUT2D eigenvalue weighted by Crippen LogP contribution is -2.32. The number of nitrogens with zero attached hydrogens (tertiary/aromatic N) is 1. The van der Waals surface area contributed by atoms with Crippen LogP contribution in [0.4, 0.5) is 0 Å². The first-order valence-electron chi connectivity index (χ1n) is 12.4. The zero-order valence-electron chi connectivity index (χ0n) is 20.9. The molecule has 37 heavy (non-hydrogen) atoms. The summed E-state index contributed by atoms with van der Waals surface area (Å²) >= 11 is 6.42. The number of carboxylic acid groups (broad SMARTS) is 1. The SMILES string of the molecule is Cc1ccc(Cl)c(C(=O)N(CCCc2ccccc2)Cc2ccc(-c3ccccc3CC(=O)O)cc2)c1. The molecule has 188 valence electrons. The molecule has 0 aliphatic rings. The number of amides is 1. The summed E-state index contributed by atoms with van der Waals surface area (Å²) in [6.45, 7) is 3.00. The third-order valence-electron chi connectivity index (χ3n) is 6.37. The predicted molar refractivity (Wildman–Crippen MR) is 149 cm³/mol. The maximum atomic E-state index is 13.6. The second kappa shape index (κ2) is 12.4. The molecule has 0 aliphatic heterocycles. The monoisotopic (exact) mass is 511 g/mol. The van der Waals surface area contributed by atoms with Crippen LogP contribution in [0, 0.1) is 6.92 Å². The number of carbonyl (C=O) groups is 2. The van der Waals surface area contributed by atoms with Gasteiger partial charge in [-0.25, -0.2) is 0 Å². The van der Waals surface area contributed by atoms with Gasteiger partial charge in [-0.05, 0) is 59.7 Å². The number of aliphatic carboxylic acids is 1. The number of hydrogen-bond acceptors (Lipinski definition) is 2. The van der Waals surface area contributed by atoms with Gasteiger partial charge in [0.05, 0.1) is 17.0 Å². The van der Waals surface area contributed by atoms with Crippen LogP contribution in [-0.4, -0.2) is 28.4 Å². The van der Waals surface area contributed by atoms with E-state index in [2.05, 4.69) is 12.1 Å². The van der Waals surface area contributed by atoms with Crippen LogP contribution in [0.3, 0.4) is 0 Å². The largest absolute Gasteiger partial charge is 0.481 e. The second-order valence-electron chi connectivity index (χ2n) is 9.22. The molecule has 0 unspecified atom stereocenters. The summed E-state index contributed by atoms with van der Waals surface area (Å²) in [5.41, 5.74) is 6.36. The normalized spacial score (nSPS) is 10.8. The molecule has 0 radical (unpaired) electrons. The minimum Gasteiger partial charge on any atom is -0.481 e. The quantitative estimate of drug-likeness (QED) is 0.244. The maximum Gasteiger partial charge on any atom is 0.307 e. The van der Waals surface area contributed by atoms with Crippen molar-refractivity contribution < 1.29 is 14.7 Å². The van der Waals surface area contributed by atoms with Crippen LogP contribution in [0.25, 0.3) is 11.1 Å². The zero-order chi connectivity index (χ0) is 26.2. The van der Waals surface area contributed by atoms with Crippen molar-refractivity contribution in [2.45, 2.75) is 32.7 Å². The molecular formula is C32H30ClNO3. The molecule has 0 bridgehead atoms. The standard InChI is InChI=1S/C32H30ClNO3/c1-23-13-18-30(33)29(20-23)32(37)34(19-7-10-24-8-3-2-4-9-24)22-25-14-16-26(17-15-25)28-12-6-5-11-27(28)21-31(35)36/h2-6,8-9,11-18,20H,7,10,19,21-22H2,1H3,(H,35,36). The van der Waals surface area contributed by atoms with Crippen molar-refractivity contribution in [3.05, 3.63) is 130 Å². The van der Waals surface area contributed by atoms with Crippen LogP contribution in [0.5, 0.6) is 0 Å². The van der Waals surface area contributed by atoms with E-state index in [1.807, 2.05) is 90.7 Å². The molecule has 1 amide bonds. The molecule has 1 N–H and O–H groups in total. The first kappa shape index (κ1) is 26.2. The van der Waals surface area contributed by atoms with Crippen LogP contribution >= 0.6 is 11.6 Å². The molecule has 0 heterocycles. The van der Waals surface area contributed by atoms with Crippen molar-refractivity contribution in [3.63, 3.8) is 0 Å². The van der Waals surface area contributed by atoms with E-state index >= 15 is 0 Å².